The summed E-state index contributed by atoms with van der Waals surface area (Å²) in [5.41, 5.74) is 3.96. The van der Waals surface area contributed by atoms with E-state index in [0.717, 1.165) is 6.07 Å². The van der Waals surface area contributed by atoms with Gasteiger partial charge in [-0.1, -0.05) is 0 Å². The van der Waals surface area contributed by atoms with Gasteiger partial charge in [-0.15, -0.1) is 0 Å². The molecule has 2 unspecified atom stereocenters. The van der Waals surface area contributed by atoms with Gasteiger partial charge < -0.3 is 11.1 Å². The van der Waals surface area contributed by atoms with E-state index >= 15 is 0 Å². The average molecular weight is 377 g/mol. The lowest BCUT2D eigenvalue weighted by atomic mass is 9.79. The fraction of sp³-hybridized carbons (Fsp3) is 0.278. The number of amidine groups is 1. The predicted molar refractivity (Wildman–Crippen MR) is 91.8 cm³/mol. The van der Waals surface area contributed by atoms with Crippen LogP contribution in [0.5, 0.6) is 0 Å². The number of aromatic nitrogens is 1. The van der Waals surface area contributed by atoms with Crippen LogP contribution in [0, 0.1) is 23.1 Å². The van der Waals surface area contributed by atoms with Gasteiger partial charge in [-0.05, 0) is 37.3 Å². The van der Waals surface area contributed by atoms with Crippen LogP contribution in [0.2, 0.25) is 0 Å². The van der Waals surface area contributed by atoms with Gasteiger partial charge in [-0.2, -0.15) is 18.4 Å². The molecular weight excluding hydrogens is 362 g/mol. The molecule has 2 heterocycles. The molecule has 0 bridgehead atoms. The number of alkyl halides is 3. The summed E-state index contributed by atoms with van der Waals surface area (Å²) in [6.45, 7) is 1.22. The second-order valence-corrected chi connectivity index (χ2v) is 6.38. The third-order valence-electron chi connectivity index (χ3n) is 4.57. The van der Waals surface area contributed by atoms with Gasteiger partial charge >= 0.3 is 6.18 Å². The summed E-state index contributed by atoms with van der Waals surface area (Å²) in [5.74, 6) is -2.71. The molecule has 3 rings (SSSR count). The summed E-state index contributed by atoms with van der Waals surface area (Å²) in [6, 6.07) is 8.70. The van der Waals surface area contributed by atoms with Crippen molar-refractivity contribution in [1.29, 1.82) is 5.26 Å². The lowest BCUT2D eigenvalue weighted by molar-refractivity contribution is -0.187. The van der Waals surface area contributed by atoms with Gasteiger partial charge in [0.25, 0.3) is 0 Å². The van der Waals surface area contributed by atoms with E-state index in [0.29, 0.717) is 0 Å². The molecule has 1 aromatic carbocycles. The number of hydrogen-bond donors (Lipinski definition) is 2. The molecule has 3 N–H and O–H groups in total. The van der Waals surface area contributed by atoms with Crippen LogP contribution in [-0.4, -0.2) is 17.0 Å². The van der Waals surface area contributed by atoms with Gasteiger partial charge in [0.15, 0.2) is 0 Å². The molecule has 0 spiro atoms. The predicted octanol–water partition coefficient (Wildman–Crippen LogP) is 3.99. The van der Waals surface area contributed by atoms with E-state index < -0.39 is 29.9 Å². The van der Waals surface area contributed by atoms with Crippen molar-refractivity contribution in [3.8, 4) is 6.07 Å². The van der Waals surface area contributed by atoms with Crippen LogP contribution in [0.3, 0.4) is 0 Å². The third kappa shape index (κ3) is 3.43. The van der Waals surface area contributed by atoms with E-state index in [4.69, 9.17) is 11.0 Å². The molecule has 1 aromatic heterocycles. The second-order valence-electron chi connectivity index (χ2n) is 6.38. The summed E-state index contributed by atoms with van der Waals surface area (Å²) in [4.78, 5) is 7.94. The number of nitrogens with one attached hydrogen (secondary N) is 1. The highest BCUT2D eigenvalue weighted by molar-refractivity contribution is 5.83. The third-order valence-corrected chi connectivity index (χ3v) is 4.57. The lowest BCUT2D eigenvalue weighted by Crippen LogP contribution is -2.38. The molecule has 1 aliphatic heterocycles. The Morgan fingerprint density at radius 3 is 2.74 bits per heavy atom. The molecule has 0 radical (unpaired) electrons. The standard InChI is InChI=1S/C18H15F4N5/c1-17(14(18(20,21)22)8-15(24)27-17)12-7-11(4-5-13(12)19)26-16-10(9-23)3-2-6-25-16/h2-7,14H,8H2,1H3,(H2,24,27)(H,25,26). The van der Waals surface area contributed by atoms with Crippen molar-refractivity contribution < 1.29 is 17.6 Å². The monoisotopic (exact) mass is 377 g/mol. The van der Waals surface area contributed by atoms with Crippen molar-refractivity contribution >= 4 is 17.3 Å². The quantitative estimate of drug-likeness (QED) is 0.792. The Labute approximate surface area is 152 Å². The highest BCUT2D eigenvalue weighted by Crippen LogP contribution is 2.49. The van der Waals surface area contributed by atoms with E-state index in [-0.39, 0.29) is 28.5 Å². The Kier molecular flexibility index (Phi) is 4.51. The number of halogens is 4. The number of hydrogen-bond acceptors (Lipinski definition) is 5. The van der Waals surface area contributed by atoms with Crippen LogP contribution < -0.4 is 11.1 Å². The Hall–Kier alpha value is -3.15. The zero-order valence-electron chi connectivity index (χ0n) is 14.2. The maximum atomic E-state index is 14.5. The highest BCUT2D eigenvalue weighted by atomic mass is 19.4. The fourth-order valence-corrected chi connectivity index (χ4v) is 3.23. The largest absolute Gasteiger partial charge is 0.394 e. The molecule has 0 saturated carbocycles. The van der Waals surface area contributed by atoms with Gasteiger partial charge in [0.2, 0.25) is 0 Å². The zero-order valence-corrected chi connectivity index (χ0v) is 14.2. The second kappa shape index (κ2) is 6.54. The number of benzene rings is 1. The normalized spacial score (nSPS) is 22.2. The van der Waals surface area contributed by atoms with Gasteiger partial charge in [-0.25, -0.2) is 9.37 Å². The Morgan fingerprint density at radius 2 is 2.07 bits per heavy atom. The number of anilines is 2. The molecule has 140 valence electrons. The van der Waals surface area contributed by atoms with Crippen LogP contribution in [-0.2, 0) is 5.54 Å². The minimum absolute atomic E-state index is 0.172. The number of pyridine rings is 1. The van der Waals surface area contributed by atoms with Crippen LogP contribution >= 0.6 is 0 Å². The van der Waals surface area contributed by atoms with Gasteiger partial charge in [0.1, 0.15) is 17.7 Å². The molecule has 2 atom stereocenters. The van der Waals surface area contributed by atoms with Crippen molar-refractivity contribution in [3.63, 3.8) is 0 Å². The maximum Gasteiger partial charge on any atom is 0.394 e. The van der Waals surface area contributed by atoms with E-state index in [9.17, 15) is 17.6 Å². The Bertz CT molecular complexity index is 947. The summed E-state index contributed by atoms with van der Waals surface area (Å²) in [6.07, 6.45) is -3.63. The van der Waals surface area contributed by atoms with Crippen molar-refractivity contribution in [2.24, 2.45) is 16.6 Å². The first-order chi connectivity index (χ1) is 12.6. The Morgan fingerprint density at radius 1 is 1.33 bits per heavy atom. The van der Waals surface area contributed by atoms with E-state index in [1.54, 1.807) is 6.07 Å². The molecule has 9 heteroatoms. The molecule has 0 amide bonds. The summed E-state index contributed by atoms with van der Waals surface area (Å²) < 4.78 is 54.9. The zero-order chi connectivity index (χ0) is 19.8. The van der Waals surface area contributed by atoms with E-state index in [1.807, 2.05) is 6.07 Å². The van der Waals surface area contributed by atoms with E-state index in [1.165, 1.54) is 31.3 Å². The highest BCUT2D eigenvalue weighted by Gasteiger charge is 2.56. The molecule has 0 aliphatic carbocycles. The van der Waals surface area contributed by atoms with Crippen molar-refractivity contribution in [1.82, 2.24) is 4.98 Å². The fourth-order valence-electron chi connectivity index (χ4n) is 3.23. The molecule has 0 saturated heterocycles. The number of rotatable bonds is 3. The Balaban J connectivity index is 2.04. The number of nitriles is 1. The number of nitrogens with zero attached hydrogens (tertiary/aromatic N) is 3. The van der Waals surface area contributed by atoms with Gasteiger partial charge in [0, 0.05) is 23.9 Å². The summed E-state index contributed by atoms with van der Waals surface area (Å²) in [5, 5.41) is 12.0. The first-order valence-electron chi connectivity index (χ1n) is 7.98. The van der Waals surface area contributed by atoms with Crippen molar-refractivity contribution in [2.45, 2.75) is 25.1 Å². The molecule has 27 heavy (non-hydrogen) atoms. The topological polar surface area (TPSA) is 87.1 Å². The molecular formula is C18H15F4N5. The maximum absolute atomic E-state index is 14.5. The summed E-state index contributed by atoms with van der Waals surface area (Å²) in [7, 11) is 0. The van der Waals surface area contributed by atoms with Gasteiger partial charge in [-0.3, -0.25) is 4.99 Å². The molecule has 2 aromatic rings. The number of nitrogens with two attached hydrogens (primary N) is 1. The smallest absolute Gasteiger partial charge is 0.387 e. The first-order valence-corrected chi connectivity index (χ1v) is 7.98. The van der Waals surface area contributed by atoms with Gasteiger partial charge in [0.05, 0.1) is 22.9 Å². The van der Waals surface area contributed by atoms with Crippen LogP contribution in [0.15, 0.2) is 41.5 Å². The number of aliphatic imine (C=N–C) groups is 1. The molecule has 1 aliphatic rings. The van der Waals surface area contributed by atoms with Crippen molar-refractivity contribution in [3.05, 3.63) is 53.5 Å². The minimum Gasteiger partial charge on any atom is -0.387 e. The van der Waals surface area contributed by atoms with E-state index in [2.05, 4.69) is 15.3 Å². The van der Waals surface area contributed by atoms with Crippen LogP contribution in [0.1, 0.15) is 24.5 Å². The van der Waals surface area contributed by atoms with Crippen molar-refractivity contribution in [2.75, 3.05) is 5.32 Å². The first kappa shape index (κ1) is 18.6. The minimum atomic E-state index is -4.59. The summed E-state index contributed by atoms with van der Waals surface area (Å²) >= 11 is 0. The average Bonchev–Trinajstić information content (AvgIpc) is 2.93. The lowest BCUT2D eigenvalue weighted by Gasteiger charge is -2.31. The SMILES string of the molecule is CC1(c2cc(Nc3ncccc3C#N)ccc2F)N=C(N)CC1C(F)(F)F. The van der Waals surface area contributed by atoms with Crippen LogP contribution in [0.4, 0.5) is 29.1 Å². The molecule has 0 fully saturated rings. The molecule has 5 nitrogen and oxygen atoms in total. The van der Waals surface area contributed by atoms with Crippen LogP contribution in [0.25, 0.3) is 0 Å².